The Kier molecular flexibility index (Phi) is 5.41. The Morgan fingerprint density at radius 2 is 1.73 bits per heavy atom. The van der Waals surface area contributed by atoms with E-state index in [1.54, 1.807) is 0 Å². The summed E-state index contributed by atoms with van der Waals surface area (Å²) in [5, 5.41) is 14.2. The summed E-state index contributed by atoms with van der Waals surface area (Å²) in [4.78, 5) is 27.6. The van der Waals surface area contributed by atoms with E-state index in [2.05, 4.69) is 20.8 Å². The molecule has 1 saturated carbocycles. The zero-order valence-electron chi connectivity index (χ0n) is 16.0. The van der Waals surface area contributed by atoms with Crippen LogP contribution in [0.2, 0.25) is 0 Å². The van der Waals surface area contributed by atoms with Gasteiger partial charge in [0.1, 0.15) is 0 Å². The lowest BCUT2D eigenvalue weighted by Crippen LogP contribution is -2.52. The molecule has 1 aromatic heterocycles. The molecule has 2 aromatic rings. The van der Waals surface area contributed by atoms with Gasteiger partial charge in [-0.15, -0.1) is 5.10 Å². The second kappa shape index (κ2) is 8.01. The Labute approximate surface area is 169 Å². The molecular formula is C18H20F3N7O2. The first-order valence-corrected chi connectivity index (χ1v) is 9.58. The number of tetrazole rings is 1. The molecule has 4 rings (SSSR count). The van der Waals surface area contributed by atoms with Crippen LogP contribution in [0.1, 0.15) is 24.2 Å². The van der Waals surface area contributed by atoms with Crippen molar-refractivity contribution in [1.82, 2.24) is 35.3 Å². The number of benzene rings is 1. The molecule has 1 saturated heterocycles. The molecule has 2 aliphatic rings. The Balaban J connectivity index is 1.34. The predicted octanol–water partition coefficient (Wildman–Crippen LogP) is 0.604. The second-order valence-corrected chi connectivity index (χ2v) is 7.37. The van der Waals surface area contributed by atoms with Gasteiger partial charge >= 0.3 is 18.0 Å². The highest BCUT2D eigenvalue weighted by molar-refractivity contribution is 6.35. The van der Waals surface area contributed by atoms with Crippen LogP contribution in [0.4, 0.5) is 13.2 Å². The van der Waals surface area contributed by atoms with E-state index in [0.717, 1.165) is 25.0 Å². The number of hydrogen-bond acceptors (Lipinski definition) is 6. The Morgan fingerprint density at radius 1 is 1.07 bits per heavy atom. The van der Waals surface area contributed by atoms with E-state index in [-0.39, 0.29) is 6.04 Å². The van der Waals surface area contributed by atoms with Crippen LogP contribution in [0, 0.1) is 0 Å². The maximum atomic E-state index is 12.7. The molecule has 12 heteroatoms. The van der Waals surface area contributed by atoms with Gasteiger partial charge in [0, 0.05) is 32.2 Å². The summed E-state index contributed by atoms with van der Waals surface area (Å²) in [5.41, 5.74) is -0.319. The lowest BCUT2D eigenvalue weighted by atomic mass is 10.2. The van der Waals surface area contributed by atoms with Crippen LogP contribution in [-0.4, -0.2) is 74.0 Å². The third kappa shape index (κ3) is 4.58. The monoisotopic (exact) mass is 423 g/mol. The molecule has 9 nitrogen and oxygen atoms in total. The summed E-state index contributed by atoms with van der Waals surface area (Å²) in [5.74, 6) is -0.602. The average Bonchev–Trinajstić information content (AvgIpc) is 3.42. The van der Waals surface area contributed by atoms with Crippen LogP contribution in [0.3, 0.4) is 0 Å². The van der Waals surface area contributed by atoms with Gasteiger partial charge in [-0.1, -0.05) is 0 Å². The number of aromatic nitrogens is 4. The van der Waals surface area contributed by atoms with Crippen molar-refractivity contribution in [3.8, 4) is 5.69 Å². The molecule has 2 heterocycles. The summed E-state index contributed by atoms with van der Waals surface area (Å²) in [7, 11) is 0. The molecule has 160 valence electrons. The minimum Gasteiger partial charge on any atom is -0.345 e. The molecule has 1 aromatic carbocycles. The molecule has 1 aliphatic carbocycles. The third-order valence-electron chi connectivity index (χ3n) is 5.10. The Hall–Kier alpha value is -3.02. The first-order valence-electron chi connectivity index (χ1n) is 9.58. The highest BCUT2D eigenvalue weighted by Gasteiger charge is 2.32. The average molecular weight is 423 g/mol. The summed E-state index contributed by atoms with van der Waals surface area (Å²) in [6, 6.07) is 4.73. The summed E-state index contributed by atoms with van der Waals surface area (Å²) >= 11 is 0. The number of alkyl halides is 3. The number of nitrogens with one attached hydrogen (secondary N) is 1. The van der Waals surface area contributed by atoms with Crippen molar-refractivity contribution in [2.45, 2.75) is 31.6 Å². The van der Waals surface area contributed by atoms with E-state index in [4.69, 9.17) is 0 Å². The topological polar surface area (TPSA) is 96.2 Å². The van der Waals surface area contributed by atoms with Crippen LogP contribution in [0.25, 0.3) is 5.69 Å². The van der Waals surface area contributed by atoms with Gasteiger partial charge in [-0.2, -0.15) is 17.9 Å². The van der Waals surface area contributed by atoms with E-state index in [9.17, 15) is 22.8 Å². The van der Waals surface area contributed by atoms with Crippen molar-refractivity contribution >= 4 is 11.8 Å². The number of hydrogen-bond donors (Lipinski definition) is 1. The Bertz CT molecular complexity index is 917. The van der Waals surface area contributed by atoms with Crippen LogP contribution in [-0.2, 0) is 22.3 Å². The molecule has 0 spiro atoms. The predicted molar refractivity (Wildman–Crippen MR) is 97.2 cm³/mol. The summed E-state index contributed by atoms with van der Waals surface area (Å²) in [6.45, 7) is 2.23. The van der Waals surface area contributed by atoms with Gasteiger partial charge in [0.2, 0.25) is 0 Å². The molecule has 2 fully saturated rings. The largest absolute Gasteiger partial charge is 0.416 e. The van der Waals surface area contributed by atoms with Gasteiger partial charge in [-0.3, -0.25) is 14.5 Å². The number of amides is 2. The van der Waals surface area contributed by atoms with Crippen LogP contribution in [0.5, 0.6) is 0 Å². The standard InChI is InChI=1S/C18H20F3N7O2/c19-18(20,21)12-1-5-14(6-2-12)28-15(23-24-25-28)11-26-7-9-27(10-8-26)17(30)16(29)22-13-3-4-13/h1-2,5-6,13H,3-4,7-11H2,(H,22,29). The normalized spacial score (nSPS) is 17.8. The number of piperazine rings is 1. The molecule has 1 aliphatic heterocycles. The number of carbonyl (C=O) groups excluding carboxylic acids is 2. The van der Waals surface area contributed by atoms with Crippen molar-refractivity contribution in [1.29, 1.82) is 0 Å². The molecule has 0 radical (unpaired) electrons. The number of nitrogens with zero attached hydrogens (tertiary/aromatic N) is 6. The van der Waals surface area contributed by atoms with E-state index in [1.807, 2.05) is 4.90 Å². The fraction of sp³-hybridized carbons (Fsp3) is 0.500. The molecular weight excluding hydrogens is 403 g/mol. The number of carbonyl (C=O) groups is 2. The van der Waals surface area contributed by atoms with Crippen molar-refractivity contribution < 1.29 is 22.8 Å². The first-order chi connectivity index (χ1) is 14.3. The molecule has 1 N–H and O–H groups in total. The minimum absolute atomic E-state index is 0.131. The lowest BCUT2D eigenvalue weighted by Gasteiger charge is -2.33. The van der Waals surface area contributed by atoms with Crippen molar-refractivity contribution in [2.75, 3.05) is 26.2 Å². The molecule has 2 amide bonds. The molecule has 30 heavy (non-hydrogen) atoms. The highest BCUT2D eigenvalue weighted by Crippen LogP contribution is 2.29. The maximum Gasteiger partial charge on any atom is 0.416 e. The third-order valence-corrected chi connectivity index (χ3v) is 5.10. The van der Waals surface area contributed by atoms with E-state index in [1.165, 1.54) is 21.7 Å². The molecule has 0 unspecified atom stereocenters. The maximum absolute atomic E-state index is 12.7. The zero-order valence-corrected chi connectivity index (χ0v) is 16.0. The number of rotatable bonds is 4. The van der Waals surface area contributed by atoms with Crippen LogP contribution < -0.4 is 5.32 Å². The van der Waals surface area contributed by atoms with Gasteiger partial charge in [-0.05, 0) is 47.5 Å². The first kappa shape index (κ1) is 20.3. The van der Waals surface area contributed by atoms with Crippen LogP contribution >= 0.6 is 0 Å². The van der Waals surface area contributed by atoms with Crippen molar-refractivity contribution in [2.24, 2.45) is 0 Å². The van der Waals surface area contributed by atoms with Crippen LogP contribution in [0.15, 0.2) is 24.3 Å². The van der Waals surface area contributed by atoms with Crippen molar-refractivity contribution in [3.63, 3.8) is 0 Å². The second-order valence-electron chi connectivity index (χ2n) is 7.37. The Morgan fingerprint density at radius 3 is 2.33 bits per heavy atom. The highest BCUT2D eigenvalue weighted by atomic mass is 19.4. The van der Waals surface area contributed by atoms with Gasteiger partial charge in [0.05, 0.1) is 17.8 Å². The number of halogens is 3. The van der Waals surface area contributed by atoms with Gasteiger partial charge < -0.3 is 10.2 Å². The minimum atomic E-state index is -4.41. The zero-order chi connectivity index (χ0) is 21.3. The van der Waals surface area contributed by atoms with E-state index in [0.29, 0.717) is 44.2 Å². The lowest BCUT2D eigenvalue weighted by molar-refractivity contribution is -0.147. The summed E-state index contributed by atoms with van der Waals surface area (Å²) < 4.78 is 39.6. The SMILES string of the molecule is O=C(NC1CC1)C(=O)N1CCN(Cc2nnnn2-c2ccc(C(F)(F)F)cc2)CC1. The molecule has 0 bridgehead atoms. The van der Waals surface area contributed by atoms with E-state index >= 15 is 0 Å². The quantitative estimate of drug-likeness (QED) is 0.724. The molecule has 0 atom stereocenters. The van der Waals surface area contributed by atoms with Gasteiger partial charge in [0.25, 0.3) is 0 Å². The fourth-order valence-electron chi connectivity index (χ4n) is 3.22. The van der Waals surface area contributed by atoms with Gasteiger partial charge in [-0.25, -0.2) is 0 Å². The van der Waals surface area contributed by atoms with Crippen molar-refractivity contribution in [3.05, 3.63) is 35.7 Å². The smallest absolute Gasteiger partial charge is 0.345 e. The summed E-state index contributed by atoms with van der Waals surface area (Å²) in [6.07, 6.45) is -2.57. The fourth-order valence-corrected chi connectivity index (χ4v) is 3.22. The van der Waals surface area contributed by atoms with Gasteiger partial charge in [0.15, 0.2) is 5.82 Å². The van der Waals surface area contributed by atoms with E-state index < -0.39 is 23.6 Å².